The Labute approximate surface area is 270 Å². The molecular formula is C35H49F3N4O4. The van der Waals surface area contributed by atoms with Crippen LogP contribution in [0.2, 0.25) is 0 Å². The molecule has 1 unspecified atom stereocenters. The van der Waals surface area contributed by atoms with Crippen LogP contribution >= 0.6 is 0 Å². The van der Waals surface area contributed by atoms with Gasteiger partial charge in [0.1, 0.15) is 12.0 Å². The zero-order chi connectivity index (χ0) is 33.4. The molecule has 1 atom stereocenters. The number of anilines is 1. The van der Waals surface area contributed by atoms with Crippen molar-refractivity contribution in [1.82, 2.24) is 10.6 Å². The zero-order valence-electron chi connectivity index (χ0n) is 27.0. The van der Waals surface area contributed by atoms with Crippen LogP contribution in [0.1, 0.15) is 84.8 Å². The lowest BCUT2D eigenvalue weighted by atomic mass is 9.90. The number of hydrogen-bond donors (Lipinski definition) is 4. The average molecular weight is 647 g/mol. The first kappa shape index (κ1) is 37.1. The Morgan fingerprint density at radius 1 is 1.11 bits per heavy atom. The van der Waals surface area contributed by atoms with Gasteiger partial charge in [-0.15, -0.1) is 0 Å². The van der Waals surface area contributed by atoms with Crippen LogP contribution in [-0.2, 0) is 22.1 Å². The molecule has 0 aliphatic carbocycles. The molecule has 1 aliphatic rings. The number of nitrogens with one attached hydrogen (secondary N) is 3. The SMILES string of the molecule is CCCC(CCc1cc(OCCCCNC/C(=C/Nc2cc(C3CCOCC3)cc(C(F)(F)F)c2)CNC)ccc1C=O)C(N)=O. The summed E-state index contributed by atoms with van der Waals surface area (Å²) in [4.78, 5) is 23.3. The van der Waals surface area contributed by atoms with Gasteiger partial charge in [0, 0.05) is 49.7 Å². The first-order valence-corrected chi connectivity index (χ1v) is 16.2. The first-order chi connectivity index (χ1) is 22.1. The zero-order valence-corrected chi connectivity index (χ0v) is 27.0. The number of amides is 1. The number of primary amides is 1. The highest BCUT2D eigenvalue weighted by Crippen LogP contribution is 2.36. The average Bonchev–Trinajstić information content (AvgIpc) is 3.04. The van der Waals surface area contributed by atoms with E-state index in [4.69, 9.17) is 15.2 Å². The molecule has 0 spiro atoms. The van der Waals surface area contributed by atoms with E-state index in [1.807, 2.05) is 26.1 Å². The van der Waals surface area contributed by atoms with E-state index in [-0.39, 0.29) is 17.7 Å². The van der Waals surface area contributed by atoms with Crippen LogP contribution in [-0.4, -0.2) is 58.7 Å². The molecule has 0 saturated carbocycles. The van der Waals surface area contributed by atoms with Gasteiger partial charge in [-0.05, 0) is 118 Å². The van der Waals surface area contributed by atoms with Crippen molar-refractivity contribution in [3.8, 4) is 5.75 Å². The minimum absolute atomic E-state index is 0.0485. The van der Waals surface area contributed by atoms with Crippen molar-refractivity contribution in [2.45, 2.75) is 70.4 Å². The summed E-state index contributed by atoms with van der Waals surface area (Å²) in [5.74, 6) is 0.208. The molecule has 1 saturated heterocycles. The van der Waals surface area contributed by atoms with E-state index in [2.05, 4.69) is 16.0 Å². The molecule has 5 N–H and O–H groups in total. The molecule has 254 valence electrons. The Bertz CT molecular complexity index is 1280. The number of ether oxygens (including phenoxy) is 2. The van der Waals surface area contributed by atoms with Gasteiger partial charge in [-0.2, -0.15) is 13.2 Å². The molecular weight excluding hydrogens is 597 g/mol. The van der Waals surface area contributed by atoms with E-state index in [0.29, 0.717) is 81.2 Å². The van der Waals surface area contributed by atoms with Gasteiger partial charge in [0.15, 0.2) is 0 Å². The Balaban J connectivity index is 1.47. The van der Waals surface area contributed by atoms with Crippen LogP contribution in [0.15, 0.2) is 48.2 Å². The van der Waals surface area contributed by atoms with Crippen molar-refractivity contribution >= 4 is 17.9 Å². The van der Waals surface area contributed by atoms with Gasteiger partial charge in [-0.3, -0.25) is 9.59 Å². The number of rotatable bonds is 20. The standard InChI is InChI=1S/C35H49F3N4O4/c1-3-6-27(34(39)44)7-8-28-19-33(10-9-29(28)24-43)46-14-5-4-13-41-22-25(21-40-2)23-42-32-18-30(26-11-15-45-16-12-26)17-31(20-32)35(36,37)38/h9-10,17-20,23-24,26-27,40-42H,3-8,11-16,21-22H2,1-2H3,(H2,39,44)/b25-23+. The van der Waals surface area contributed by atoms with Gasteiger partial charge in [-0.25, -0.2) is 0 Å². The van der Waals surface area contributed by atoms with Gasteiger partial charge < -0.3 is 31.2 Å². The number of likely N-dealkylation sites (N-methyl/N-ethyl adjacent to an activating group) is 1. The van der Waals surface area contributed by atoms with Crippen LogP contribution < -0.4 is 26.4 Å². The number of aldehydes is 1. The fraction of sp³-hybridized carbons (Fsp3) is 0.543. The summed E-state index contributed by atoms with van der Waals surface area (Å²) in [6.45, 7) is 5.52. The van der Waals surface area contributed by atoms with Crippen LogP contribution in [0, 0.1) is 5.92 Å². The van der Waals surface area contributed by atoms with Gasteiger partial charge in [0.2, 0.25) is 5.91 Å². The minimum atomic E-state index is -4.42. The molecule has 0 aromatic heterocycles. The van der Waals surface area contributed by atoms with E-state index >= 15 is 0 Å². The fourth-order valence-electron chi connectivity index (χ4n) is 5.64. The number of aryl methyl sites for hydroxylation is 1. The molecule has 0 radical (unpaired) electrons. The number of carbonyl (C=O) groups is 2. The smallest absolute Gasteiger partial charge is 0.416 e. The number of unbranched alkanes of at least 4 members (excludes halogenated alkanes) is 1. The second kappa shape index (κ2) is 19.3. The minimum Gasteiger partial charge on any atom is -0.494 e. The third kappa shape index (κ3) is 12.4. The maximum absolute atomic E-state index is 13.7. The topological polar surface area (TPSA) is 115 Å². The van der Waals surface area contributed by atoms with Crippen molar-refractivity contribution in [1.29, 1.82) is 0 Å². The molecule has 1 aliphatic heterocycles. The molecule has 1 heterocycles. The third-order valence-electron chi connectivity index (χ3n) is 8.23. The molecule has 3 rings (SSSR count). The third-order valence-corrected chi connectivity index (χ3v) is 8.23. The van der Waals surface area contributed by atoms with Crippen LogP contribution in [0.4, 0.5) is 18.9 Å². The van der Waals surface area contributed by atoms with Crippen molar-refractivity contribution in [3.05, 3.63) is 70.4 Å². The highest BCUT2D eigenvalue weighted by Gasteiger charge is 2.32. The number of carbonyl (C=O) groups excluding carboxylic acids is 2. The lowest BCUT2D eigenvalue weighted by molar-refractivity contribution is -0.137. The second-order valence-electron chi connectivity index (χ2n) is 11.8. The Morgan fingerprint density at radius 2 is 1.89 bits per heavy atom. The van der Waals surface area contributed by atoms with E-state index in [0.717, 1.165) is 55.7 Å². The van der Waals surface area contributed by atoms with Crippen LogP contribution in [0.5, 0.6) is 5.75 Å². The van der Waals surface area contributed by atoms with Crippen molar-refractivity contribution in [2.24, 2.45) is 11.7 Å². The summed E-state index contributed by atoms with van der Waals surface area (Å²) < 4.78 is 52.3. The summed E-state index contributed by atoms with van der Waals surface area (Å²) in [7, 11) is 1.83. The summed E-state index contributed by atoms with van der Waals surface area (Å²) in [5.41, 5.74) is 8.39. The summed E-state index contributed by atoms with van der Waals surface area (Å²) in [6, 6.07) is 9.62. The summed E-state index contributed by atoms with van der Waals surface area (Å²) >= 11 is 0. The molecule has 8 nitrogen and oxygen atoms in total. The van der Waals surface area contributed by atoms with Crippen LogP contribution in [0.3, 0.4) is 0 Å². The normalized spacial score (nSPS) is 15.0. The lowest BCUT2D eigenvalue weighted by Gasteiger charge is -2.24. The van der Waals surface area contributed by atoms with Crippen molar-refractivity contribution in [2.75, 3.05) is 51.8 Å². The number of hydrogen-bond acceptors (Lipinski definition) is 7. The maximum atomic E-state index is 13.7. The summed E-state index contributed by atoms with van der Waals surface area (Å²) in [5, 5.41) is 9.62. The van der Waals surface area contributed by atoms with Gasteiger partial charge in [0.05, 0.1) is 12.2 Å². The van der Waals surface area contributed by atoms with Crippen molar-refractivity contribution in [3.63, 3.8) is 0 Å². The lowest BCUT2D eigenvalue weighted by Crippen LogP contribution is -2.24. The Morgan fingerprint density at radius 3 is 2.57 bits per heavy atom. The molecule has 46 heavy (non-hydrogen) atoms. The summed E-state index contributed by atoms with van der Waals surface area (Å²) in [6.07, 6.45) is 4.01. The van der Waals surface area contributed by atoms with Gasteiger partial charge in [-0.1, -0.05) is 13.3 Å². The second-order valence-corrected chi connectivity index (χ2v) is 11.8. The maximum Gasteiger partial charge on any atom is 0.416 e. The van der Waals surface area contributed by atoms with E-state index in [1.165, 1.54) is 6.07 Å². The van der Waals surface area contributed by atoms with E-state index in [1.54, 1.807) is 18.3 Å². The molecule has 11 heteroatoms. The molecule has 1 fully saturated rings. The largest absolute Gasteiger partial charge is 0.494 e. The van der Waals surface area contributed by atoms with Gasteiger partial charge in [0.25, 0.3) is 0 Å². The highest BCUT2D eigenvalue weighted by molar-refractivity contribution is 5.78. The number of nitrogens with two attached hydrogens (primary N) is 1. The van der Waals surface area contributed by atoms with E-state index in [9.17, 15) is 22.8 Å². The Kier molecular flexibility index (Phi) is 15.5. The van der Waals surface area contributed by atoms with Crippen LogP contribution in [0.25, 0.3) is 0 Å². The highest BCUT2D eigenvalue weighted by atomic mass is 19.4. The predicted octanol–water partition coefficient (Wildman–Crippen LogP) is 6.21. The predicted molar refractivity (Wildman–Crippen MR) is 175 cm³/mol. The molecule has 2 aromatic carbocycles. The van der Waals surface area contributed by atoms with E-state index < -0.39 is 11.7 Å². The number of alkyl halides is 3. The molecule has 1 amide bonds. The first-order valence-electron chi connectivity index (χ1n) is 16.2. The van der Waals surface area contributed by atoms with Crippen molar-refractivity contribution < 1.29 is 32.2 Å². The number of halogens is 3. The molecule has 0 bridgehead atoms. The monoisotopic (exact) mass is 646 g/mol. The quantitative estimate of drug-likeness (QED) is 0.0999. The number of benzene rings is 2. The Hall–Kier alpha value is -3.41. The molecule has 2 aromatic rings. The van der Waals surface area contributed by atoms with Gasteiger partial charge >= 0.3 is 6.18 Å². The fourth-order valence-corrected chi connectivity index (χ4v) is 5.64.